The fraction of sp³-hybridized carbons (Fsp3) is 0.387. The van der Waals surface area contributed by atoms with E-state index in [0.29, 0.717) is 42.9 Å². The zero-order valence-corrected chi connectivity index (χ0v) is 22.6. The van der Waals surface area contributed by atoms with E-state index in [9.17, 15) is 9.59 Å². The van der Waals surface area contributed by atoms with E-state index in [4.69, 9.17) is 14.2 Å². The molecule has 2 amide bonds. The van der Waals surface area contributed by atoms with Crippen molar-refractivity contribution < 1.29 is 23.8 Å². The predicted octanol–water partition coefficient (Wildman–Crippen LogP) is 2.83. The van der Waals surface area contributed by atoms with Crippen molar-refractivity contribution in [3.05, 3.63) is 89.2 Å². The van der Waals surface area contributed by atoms with Gasteiger partial charge < -0.3 is 24.4 Å². The minimum absolute atomic E-state index is 0.0928. The van der Waals surface area contributed by atoms with Gasteiger partial charge >= 0.3 is 0 Å². The van der Waals surface area contributed by atoms with Crippen LogP contribution in [-0.4, -0.2) is 84.7 Å². The van der Waals surface area contributed by atoms with Crippen molar-refractivity contribution in [3.8, 4) is 11.5 Å². The molecular formula is C31H34N4O5. The van der Waals surface area contributed by atoms with Gasteiger partial charge in [-0.2, -0.15) is 0 Å². The summed E-state index contributed by atoms with van der Waals surface area (Å²) in [6.45, 7) is 2.29. The molecule has 9 heteroatoms. The first kappa shape index (κ1) is 26.4. The molecule has 40 heavy (non-hydrogen) atoms. The smallest absolute Gasteiger partial charge is 0.256 e. The maximum Gasteiger partial charge on any atom is 0.256 e. The molecule has 3 heterocycles. The quantitative estimate of drug-likeness (QED) is 0.542. The number of ether oxygens (including phenoxy) is 3. The van der Waals surface area contributed by atoms with Crippen LogP contribution in [0.5, 0.6) is 11.5 Å². The number of aromatic nitrogens is 1. The number of nitrogens with zero attached hydrogens (tertiary/aromatic N) is 3. The summed E-state index contributed by atoms with van der Waals surface area (Å²) in [5.74, 6) is 0.540. The van der Waals surface area contributed by atoms with E-state index in [1.807, 2.05) is 24.3 Å². The summed E-state index contributed by atoms with van der Waals surface area (Å²) in [6, 6.07) is 18.1. The Morgan fingerprint density at radius 2 is 1.82 bits per heavy atom. The molecule has 1 saturated heterocycles. The minimum atomic E-state index is -0.310. The highest BCUT2D eigenvalue weighted by Crippen LogP contribution is 2.29. The average Bonchev–Trinajstić information content (AvgIpc) is 3.58. The number of pyridine rings is 1. The monoisotopic (exact) mass is 542 g/mol. The van der Waals surface area contributed by atoms with E-state index in [1.165, 1.54) is 22.2 Å². The Morgan fingerprint density at radius 3 is 2.62 bits per heavy atom. The lowest BCUT2D eigenvalue weighted by atomic mass is 10.1. The second-order valence-electron chi connectivity index (χ2n) is 10.7. The van der Waals surface area contributed by atoms with Crippen molar-refractivity contribution in [3.63, 3.8) is 0 Å². The number of carbonyl (C=O) groups is 2. The Balaban J connectivity index is 1.26. The third-order valence-electron chi connectivity index (χ3n) is 7.93. The minimum Gasteiger partial charge on any atom is -0.456 e. The first-order chi connectivity index (χ1) is 19.6. The fourth-order valence-electron chi connectivity index (χ4n) is 5.89. The summed E-state index contributed by atoms with van der Waals surface area (Å²) in [6.07, 6.45) is 4.85. The Morgan fingerprint density at radius 1 is 1.00 bits per heavy atom. The van der Waals surface area contributed by atoms with Crippen molar-refractivity contribution in [1.82, 2.24) is 20.1 Å². The highest BCUT2D eigenvalue weighted by Gasteiger charge is 2.39. The number of amides is 2. The summed E-state index contributed by atoms with van der Waals surface area (Å²) in [5, 5.41) is 3.20. The lowest BCUT2D eigenvalue weighted by Crippen LogP contribution is -2.49. The maximum atomic E-state index is 13.5. The van der Waals surface area contributed by atoms with E-state index in [1.54, 1.807) is 19.4 Å². The van der Waals surface area contributed by atoms with Gasteiger partial charge in [0, 0.05) is 39.0 Å². The van der Waals surface area contributed by atoms with Gasteiger partial charge in [0.2, 0.25) is 5.91 Å². The van der Waals surface area contributed by atoms with Crippen molar-refractivity contribution in [1.29, 1.82) is 0 Å². The molecule has 4 bridgehead atoms. The Kier molecular flexibility index (Phi) is 7.77. The van der Waals surface area contributed by atoms with Gasteiger partial charge in [0.05, 0.1) is 43.7 Å². The first-order valence-corrected chi connectivity index (χ1v) is 13.8. The molecule has 2 aliphatic heterocycles. The average molecular weight is 543 g/mol. The molecular weight excluding hydrogens is 508 g/mol. The summed E-state index contributed by atoms with van der Waals surface area (Å²) in [4.78, 5) is 34.9. The Bertz CT molecular complexity index is 1360. The molecule has 3 aromatic rings. The number of methoxy groups -OCH3 is 1. The first-order valence-electron chi connectivity index (χ1n) is 13.8. The van der Waals surface area contributed by atoms with Gasteiger partial charge in [0.1, 0.15) is 11.5 Å². The van der Waals surface area contributed by atoms with Crippen LogP contribution < -0.4 is 10.1 Å². The lowest BCUT2D eigenvalue weighted by Gasteiger charge is -2.25. The maximum absolute atomic E-state index is 13.5. The molecule has 0 saturated carbocycles. The number of carbonyl (C=O) groups excluding carboxylic acids is 2. The molecule has 0 spiro atoms. The molecule has 2 aromatic carbocycles. The van der Waals surface area contributed by atoms with Gasteiger partial charge in [-0.3, -0.25) is 19.5 Å². The van der Waals surface area contributed by atoms with E-state index < -0.39 is 0 Å². The van der Waals surface area contributed by atoms with Crippen LogP contribution in [0.1, 0.15) is 27.0 Å². The largest absolute Gasteiger partial charge is 0.456 e. The third-order valence-corrected chi connectivity index (χ3v) is 7.93. The van der Waals surface area contributed by atoms with Crippen LogP contribution in [-0.2, 0) is 33.7 Å². The Hall–Kier alpha value is -3.79. The van der Waals surface area contributed by atoms with Crippen molar-refractivity contribution in [2.75, 3.05) is 39.9 Å². The van der Waals surface area contributed by atoms with Crippen molar-refractivity contribution in [2.24, 2.45) is 0 Å². The van der Waals surface area contributed by atoms with Crippen molar-refractivity contribution >= 4 is 11.8 Å². The molecule has 1 aromatic heterocycles. The predicted molar refractivity (Wildman–Crippen MR) is 148 cm³/mol. The van der Waals surface area contributed by atoms with Gasteiger partial charge in [-0.1, -0.05) is 36.4 Å². The summed E-state index contributed by atoms with van der Waals surface area (Å²) in [7, 11) is 1.57. The number of nitrogens with one attached hydrogen (secondary N) is 1. The zero-order valence-electron chi connectivity index (χ0n) is 22.6. The number of hydrogen-bond donors (Lipinski definition) is 1. The number of likely N-dealkylation sites (tertiary alicyclic amines) is 1. The molecule has 1 aliphatic carbocycles. The van der Waals surface area contributed by atoms with Crippen LogP contribution >= 0.6 is 0 Å². The fourth-order valence-corrected chi connectivity index (χ4v) is 5.89. The van der Waals surface area contributed by atoms with Crippen LogP contribution in [0.4, 0.5) is 0 Å². The topological polar surface area (TPSA) is 93.2 Å². The second kappa shape index (κ2) is 11.8. The Labute approximate surface area is 234 Å². The SMILES string of the molecule is COCCN1CC(=O)N[C@H]2CN(C3Cc4ccccc4C3)C[C@@H]2OCc2cccc(c2)Oc2cncc(c2)C1=O. The third kappa shape index (κ3) is 5.86. The van der Waals surface area contributed by atoms with E-state index in [2.05, 4.69) is 39.5 Å². The highest BCUT2D eigenvalue weighted by atomic mass is 16.5. The van der Waals surface area contributed by atoms with E-state index in [0.717, 1.165) is 24.9 Å². The van der Waals surface area contributed by atoms with Crippen LogP contribution in [0.25, 0.3) is 0 Å². The zero-order chi connectivity index (χ0) is 27.5. The number of benzene rings is 2. The molecule has 3 aliphatic rings. The lowest BCUT2D eigenvalue weighted by molar-refractivity contribution is -0.123. The highest BCUT2D eigenvalue weighted by molar-refractivity contribution is 5.96. The molecule has 9 nitrogen and oxygen atoms in total. The van der Waals surface area contributed by atoms with Crippen molar-refractivity contribution in [2.45, 2.75) is 37.6 Å². The van der Waals surface area contributed by atoms with Crippen LogP contribution in [0.3, 0.4) is 0 Å². The summed E-state index contributed by atoms with van der Waals surface area (Å²) < 4.78 is 17.7. The number of fused-ring (bicyclic) bond motifs is 6. The van der Waals surface area contributed by atoms with Gasteiger partial charge in [-0.05, 0) is 47.7 Å². The number of hydrogen-bond acceptors (Lipinski definition) is 7. The summed E-state index contributed by atoms with van der Waals surface area (Å²) >= 11 is 0. The normalized spacial score (nSPS) is 22.0. The van der Waals surface area contributed by atoms with Gasteiger partial charge in [-0.15, -0.1) is 0 Å². The van der Waals surface area contributed by atoms with Crippen LogP contribution in [0, 0.1) is 0 Å². The van der Waals surface area contributed by atoms with Gasteiger partial charge in [0.25, 0.3) is 5.91 Å². The molecule has 1 N–H and O–H groups in total. The van der Waals surface area contributed by atoms with Crippen LogP contribution in [0.15, 0.2) is 67.0 Å². The molecule has 6 rings (SSSR count). The second-order valence-corrected chi connectivity index (χ2v) is 10.7. The van der Waals surface area contributed by atoms with Gasteiger partial charge in [0.15, 0.2) is 0 Å². The molecule has 208 valence electrons. The molecule has 1 fully saturated rings. The standard InChI is InChI=1S/C31H34N4O5/c1-38-10-9-34-19-30(36)33-28-17-35(25-12-22-6-2-3-7-23(22)13-25)18-29(28)39-20-21-5-4-8-26(11-21)40-27-14-24(31(34)37)15-32-16-27/h2-8,11,14-16,25,28-29H,9-10,12-13,17-20H2,1H3,(H,33,36)/t28-,29-/m0/s1. The summed E-state index contributed by atoms with van der Waals surface area (Å²) in [5.41, 5.74) is 4.10. The van der Waals surface area contributed by atoms with E-state index in [-0.39, 0.29) is 37.0 Å². The molecule has 2 atom stereocenters. The van der Waals surface area contributed by atoms with Gasteiger partial charge in [-0.25, -0.2) is 0 Å². The number of rotatable bonds is 4. The van der Waals surface area contributed by atoms with E-state index >= 15 is 0 Å². The molecule has 0 unspecified atom stereocenters. The van der Waals surface area contributed by atoms with Crippen LogP contribution in [0.2, 0.25) is 0 Å². The molecule has 0 radical (unpaired) electrons.